The Kier molecular flexibility index (Phi) is 3.98. The van der Waals surface area contributed by atoms with E-state index in [1.807, 2.05) is 24.3 Å². The van der Waals surface area contributed by atoms with Gasteiger partial charge in [-0.3, -0.25) is 4.79 Å². The number of carbonyl (C=O) groups excluding carboxylic acids is 1. The highest BCUT2D eigenvalue weighted by atomic mass is 79.9. The molecule has 0 spiro atoms. The van der Waals surface area contributed by atoms with Crippen LogP contribution in [0, 0.1) is 0 Å². The molecule has 1 aromatic carbocycles. The quantitative estimate of drug-likeness (QED) is 0.753. The second-order valence-electron chi connectivity index (χ2n) is 4.38. The van der Waals surface area contributed by atoms with Crippen molar-refractivity contribution in [1.29, 1.82) is 0 Å². The van der Waals surface area contributed by atoms with Gasteiger partial charge in [-0.25, -0.2) is 0 Å². The van der Waals surface area contributed by atoms with Gasteiger partial charge in [-0.2, -0.15) is 0 Å². The molecule has 3 rings (SSSR count). The number of benzene rings is 1. The number of amides is 1. The summed E-state index contributed by atoms with van der Waals surface area (Å²) in [6.07, 6.45) is 0. The van der Waals surface area contributed by atoms with E-state index in [0.29, 0.717) is 17.9 Å². The predicted octanol–water partition coefficient (Wildman–Crippen LogP) is 4.20. The van der Waals surface area contributed by atoms with Gasteiger partial charge in [0.05, 0.1) is 17.4 Å². The molecule has 0 radical (unpaired) electrons. The number of fused-ring (bicyclic) bond motifs is 1. The molecule has 108 valence electrons. The fourth-order valence-electron chi connectivity index (χ4n) is 2.01. The normalized spacial score (nSPS) is 10.8. The van der Waals surface area contributed by atoms with E-state index in [9.17, 15) is 4.79 Å². The number of hydrogen-bond acceptors (Lipinski definition) is 4. The van der Waals surface area contributed by atoms with Gasteiger partial charge >= 0.3 is 0 Å². The van der Waals surface area contributed by atoms with Crippen LogP contribution >= 0.6 is 27.3 Å². The van der Waals surface area contributed by atoms with Crippen LogP contribution in [0.4, 0.5) is 0 Å². The molecule has 6 heteroatoms. The van der Waals surface area contributed by atoms with Crippen LogP contribution < -0.4 is 10.1 Å². The molecule has 0 bridgehead atoms. The smallest absolute Gasteiger partial charge is 0.287 e. The summed E-state index contributed by atoms with van der Waals surface area (Å²) in [5.41, 5.74) is 0.587. The summed E-state index contributed by atoms with van der Waals surface area (Å²) in [4.78, 5) is 13.2. The van der Waals surface area contributed by atoms with Crippen molar-refractivity contribution in [2.75, 3.05) is 7.11 Å². The van der Waals surface area contributed by atoms with E-state index in [1.54, 1.807) is 30.6 Å². The van der Waals surface area contributed by atoms with Gasteiger partial charge in [-0.1, -0.05) is 12.1 Å². The van der Waals surface area contributed by atoms with E-state index >= 15 is 0 Å². The van der Waals surface area contributed by atoms with Crippen molar-refractivity contribution in [3.63, 3.8) is 0 Å². The lowest BCUT2D eigenvalue weighted by molar-refractivity contribution is 0.0925. The molecule has 21 heavy (non-hydrogen) atoms. The minimum atomic E-state index is -0.238. The number of ether oxygens (including phenoxy) is 1. The van der Waals surface area contributed by atoms with Gasteiger partial charge in [0.2, 0.25) is 0 Å². The average Bonchev–Trinajstić information content (AvgIpc) is 3.10. The third kappa shape index (κ3) is 2.96. The van der Waals surface area contributed by atoms with Crippen LogP contribution in [0.3, 0.4) is 0 Å². The number of para-hydroxylation sites is 1. The Balaban J connectivity index is 1.78. The SMILES string of the molecule is COc1cccc2cc(C(=O)NCc3ccc(Br)s3)oc12. The minimum Gasteiger partial charge on any atom is -0.493 e. The lowest BCUT2D eigenvalue weighted by Crippen LogP contribution is -2.21. The van der Waals surface area contributed by atoms with Crippen molar-refractivity contribution in [3.05, 3.63) is 50.8 Å². The summed E-state index contributed by atoms with van der Waals surface area (Å²) in [6, 6.07) is 11.2. The highest BCUT2D eigenvalue weighted by Crippen LogP contribution is 2.28. The van der Waals surface area contributed by atoms with Crippen molar-refractivity contribution in [2.45, 2.75) is 6.54 Å². The summed E-state index contributed by atoms with van der Waals surface area (Å²) in [5.74, 6) is 0.664. The highest BCUT2D eigenvalue weighted by Gasteiger charge is 2.14. The second-order valence-corrected chi connectivity index (χ2v) is 6.93. The summed E-state index contributed by atoms with van der Waals surface area (Å²) in [7, 11) is 1.58. The molecule has 4 nitrogen and oxygen atoms in total. The van der Waals surface area contributed by atoms with Gasteiger partial charge in [0.25, 0.3) is 5.91 Å². The second kappa shape index (κ2) is 5.91. The zero-order valence-corrected chi connectivity index (χ0v) is 13.6. The maximum atomic E-state index is 12.1. The average molecular weight is 366 g/mol. The molecule has 1 N–H and O–H groups in total. The number of rotatable bonds is 4. The van der Waals surface area contributed by atoms with E-state index in [4.69, 9.17) is 9.15 Å². The van der Waals surface area contributed by atoms with E-state index in [0.717, 1.165) is 14.0 Å². The van der Waals surface area contributed by atoms with E-state index < -0.39 is 0 Å². The van der Waals surface area contributed by atoms with Crippen LogP contribution in [0.25, 0.3) is 11.0 Å². The largest absolute Gasteiger partial charge is 0.493 e. The maximum absolute atomic E-state index is 12.1. The molecule has 0 unspecified atom stereocenters. The topological polar surface area (TPSA) is 51.5 Å². The maximum Gasteiger partial charge on any atom is 0.287 e. The monoisotopic (exact) mass is 365 g/mol. The van der Waals surface area contributed by atoms with Crippen LogP contribution in [0.2, 0.25) is 0 Å². The Morgan fingerprint density at radius 1 is 1.38 bits per heavy atom. The Hall–Kier alpha value is -1.79. The summed E-state index contributed by atoms with van der Waals surface area (Å²) in [5, 5.41) is 3.69. The van der Waals surface area contributed by atoms with Gasteiger partial charge in [-0.15, -0.1) is 11.3 Å². The number of nitrogens with one attached hydrogen (secondary N) is 1. The molecule has 3 aromatic rings. The lowest BCUT2D eigenvalue weighted by atomic mass is 10.2. The third-order valence-electron chi connectivity index (χ3n) is 3.00. The van der Waals surface area contributed by atoms with Crippen LogP contribution in [0.15, 0.2) is 44.6 Å². The molecular weight excluding hydrogens is 354 g/mol. The molecule has 0 fully saturated rings. The van der Waals surface area contributed by atoms with Gasteiger partial charge in [0, 0.05) is 10.3 Å². The Morgan fingerprint density at radius 2 is 2.24 bits per heavy atom. The van der Waals surface area contributed by atoms with Gasteiger partial charge in [0.1, 0.15) is 0 Å². The molecule has 0 atom stereocenters. The lowest BCUT2D eigenvalue weighted by Gasteiger charge is -2.00. The van der Waals surface area contributed by atoms with E-state index in [-0.39, 0.29) is 11.7 Å². The van der Waals surface area contributed by atoms with Gasteiger partial charge in [0.15, 0.2) is 17.1 Å². The number of hydrogen-bond donors (Lipinski definition) is 1. The molecule has 2 heterocycles. The van der Waals surface area contributed by atoms with E-state index in [1.165, 1.54) is 0 Å². The van der Waals surface area contributed by atoms with Crippen molar-refractivity contribution in [2.24, 2.45) is 0 Å². The van der Waals surface area contributed by atoms with Crippen molar-refractivity contribution < 1.29 is 13.9 Å². The molecule has 2 aromatic heterocycles. The first-order valence-corrected chi connectivity index (χ1v) is 7.87. The zero-order chi connectivity index (χ0) is 14.8. The minimum absolute atomic E-state index is 0.238. The number of halogens is 1. The van der Waals surface area contributed by atoms with Crippen molar-refractivity contribution in [3.8, 4) is 5.75 Å². The number of methoxy groups -OCH3 is 1. The van der Waals surface area contributed by atoms with Crippen LogP contribution in [-0.2, 0) is 6.54 Å². The number of thiophene rings is 1. The van der Waals surface area contributed by atoms with Crippen LogP contribution in [0.5, 0.6) is 5.75 Å². The number of furan rings is 1. The van der Waals surface area contributed by atoms with E-state index in [2.05, 4.69) is 21.2 Å². The standard InChI is InChI=1S/C15H12BrNO3S/c1-19-11-4-2-3-9-7-12(20-14(9)11)15(18)17-8-10-5-6-13(16)21-10/h2-7H,8H2,1H3,(H,17,18). The number of carbonyl (C=O) groups is 1. The zero-order valence-electron chi connectivity index (χ0n) is 11.2. The first-order valence-electron chi connectivity index (χ1n) is 6.26. The Bertz CT molecular complexity index is 793. The summed E-state index contributed by atoms with van der Waals surface area (Å²) < 4.78 is 11.9. The third-order valence-corrected chi connectivity index (χ3v) is 4.63. The van der Waals surface area contributed by atoms with Crippen LogP contribution in [-0.4, -0.2) is 13.0 Å². The van der Waals surface area contributed by atoms with Gasteiger partial charge in [-0.05, 0) is 40.2 Å². The fourth-order valence-corrected chi connectivity index (χ4v) is 3.43. The predicted molar refractivity (Wildman–Crippen MR) is 86.0 cm³/mol. The summed E-state index contributed by atoms with van der Waals surface area (Å²) >= 11 is 4.98. The van der Waals surface area contributed by atoms with Crippen LogP contribution in [0.1, 0.15) is 15.4 Å². The molecule has 0 aliphatic rings. The first-order chi connectivity index (χ1) is 10.2. The molecule has 0 saturated carbocycles. The summed E-state index contributed by atoms with van der Waals surface area (Å²) in [6.45, 7) is 0.475. The van der Waals surface area contributed by atoms with Crippen molar-refractivity contribution >= 4 is 44.1 Å². The molecule has 0 aliphatic heterocycles. The highest BCUT2D eigenvalue weighted by molar-refractivity contribution is 9.11. The molecule has 0 aliphatic carbocycles. The fraction of sp³-hybridized carbons (Fsp3) is 0.133. The Morgan fingerprint density at radius 3 is 2.95 bits per heavy atom. The van der Waals surface area contributed by atoms with Gasteiger partial charge < -0.3 is 14.5 Å². The van der Waals surface area contributed by atoms with Crippen molar-refractivity contribution in [1.82, 2.24) is 5.32 Å². The molecular formula is C15H12BrNO3S. The Labute approximate surface area is 133 Å². The molecule has 1 amide bonds. The first kappa shape index (κ1) is 14.2. The molecule has 0 saturated heterocycles.